The van der Waals surface area contributed by atoms with Gasteiger partial charge in [-0.25, -0.2) is 0 Å². The van der Waals surface area contributed by atoms with Gasteiger partial charge in [0.2, 0.25) is 0 Å². The van der Waals surface area contributed by atoms with Crippen LogP contribution in [0.3, 0.4) is 0 Å². The second-order valence-corrected chi connectivity index (χ2v) is 4.99. The molecule has 0 aromatic heterocycles. The highest BCUT2D eigenvalue weighted by Crippen LogP contribution is 2.37. The van der Waals surface area contributed by atoms with Crippen LogP contribution in [-0.2, 0) is 0 Å². The zero-order chi connectivity index (χ0) is 15.6. The van der Waals surface area contributed by atoms with E-state index in [2.05, 4.69) is 0 Å². The molecule has 0 saturated heterocycles. The van der Waals surface area contributed by atoms with Gasteiger partial charge < -0.3 is 14.7 Å². The SMILES string of the molecule is COc1cccc(N2CC=C(C(F)(F)F)CC2)c1[C@H](C)O. The van der Waals surface area contributed by atoms with E-state index in [9.17, 15) is 18.3 Å². The first kappa shape index (κ1) is 15.7. The van der Waals surface area contributed by atoms with E-state index in [0.717, 1.165) is 0 Å². The minimum Gasteiger partial charge on any atom is -0.496 e. The molecule has 0 bridgehead atoms. The summed E-state index contributed by atoms with van der Waals surface area (Å²) in [6.07, 6.45) is -3.87. The van der Waals surface area contributed by atoms with Crippen molar-refractivity contribution in [1.82, 2.24) is 0 Å². The molecular weight excluding hydrogens is 283 g/mol. The molecule has 3 nitrogen and oxygen atoms in total. The Hall–Kier alpha value is -1.69. The van der Waals surface area contributed by atoms with E-state index in [0.29, 0.717) is 17.0 Å². The molecule has 0 spiro atoms. The van der Waals surface area contributed by atoms with Crippen molar-refractivity contribution < 1.29 is 23.0 Å². The van der Waals surface area contributed by atoms with E-state index < -0.39 is 17.9 Å². The van der Waals surface area contributed by atoms with Crippen molar-refractivity contribution in [2.24, 2.45) is 0 Å². The Morgan fingerprint density at radius 2 is 2.05 bits per heavy atom. The van der Waals surface area contributed by atoms with Crippen LogP contribution in [-0.4, -0.2) is 31.5 Å². The van der Waals surface area contributed by atoms with Crippen molar-refractivity contribution in [2.75, 3.05) is 25.1 Å². The van der Waals surface area contributed by atoms with Crippen molar-refractivity contribution in [3.63, 3.8) is 0 Å². The van der Waals surface area contributed by atoms with Crippen LogP contribution in [0.15, 0.2) is 29.8 Å². The Kier molecular flexibility index (Phi) is 4.46. The standard InChI is InChI=1S/C15H18F3NO2/c1-10(20)14-12(4-3-5-13(14)21-2)19-8-6-11(7-9-19)15(16,17)18/h3-6,10,20H,7-9H2,1-2H3/t10-/m0/s1. The van der Waals surface area contributed by atoms with Gasteiger partial charge in [0.05, 0.1) is 13.2 Å². The molecule has 1 aliphatic rings. The molecule has 21 heavy (non-hydrogen) atoms. The van der Waals surface area contributed by atoms with Gasteiger partial charge in [0, 0.05) is 29.9 Å². The number of halogens is 3. The highest BCUT2D eigenvalue weighted by molar-refractivity contribution is 5.61. The van der Waals surface area contributed by atoms with Gasteiger partial charge >= 0.3 is 6.18 Å². The lowest BCUT2D eigenvalue weighted by Crippen LogP contribution is -2.32. The van der Waals surface area contributed by atoms with Crippen molar-refractivity contribution in [2.45, 2.75) is 25.6 Å². The van der Waals surface area contributed by atoms with E-state index in [1.807, 2.05) is 4.90 Å². The smallest absolute Gasteiger partial charge is 0.412 e. The van der Waals surface area contributed by atoms with Gasteiger partial charge in [0.1, 0.15) is 5.75 Å². The third kappa shape index (κ3) is 3.32. The lowest BCUT2D eigenvalue weighted by molar-refractivity contribution is -0.0944. The number of nitrogens with zero attached hydrogens (tertiary/aromatic N) is 1. The summed E-state index contributed by atoms with van der Waals surface area (Å²) in [5.41, 5.74) is 0.825. The molecule has 0 amide bonds. The normalized spacial score (nSPS) is 17.4. The fourth-order valence-corrected chi connectivity index (χ4v) is 2.55. The van der Waals surface area contributed by atoms with Gasteiger partial charge in [-0.15, -0.1) is 0 Å². The second kappa shape index (κ2) is 5.97. The van der Waals surface area contributed by atoms with Crippen LogP contribution in [0.2, 0.25) is 0 Å². The number of methoxy groups -OCH3 is 1. The van der Waals surface area contributed by atoms with E-state index >= 15 is 0 Å². The average molecular weight is 301 g/mol. The van der Waals surface area contributed by atoms with Crippen molar-refractivity contribution in [3.8, 4) is 5.75 Å². The molecule has 2 rings (SSSR count). The van der Waals surface area contributed by atoms with Crippen molar-refractivity contribution >= 4 is 5.69 Å². The highest BCUT2D eigenvalue weighted by atomic mass is 19.4. The summed E-state index contributed by atoms with van der Waals surface area (Å²) in [5, 5.41) is 9.93. The molecule has 1 aliphatic heterocycles. The molecule has 1 atom stereocenters. The molecule has 1 aromatic rings. The molecule has 0 aliphatic carbocycles. The fourth-order valence-electron chi connectivity index (χ4n) is 2.55. The number of alkyl halides is 3. The van der Waals surface area contributed by atoms with Crippen LogP contribution in [0, 0.1) is 0 Å². The lowest BCUT2D eigenvalue weighted by atomic mass is 10.0. The maximum Gasteiger partial charge on any atom is 0.412 e. The largest absolute Gasteiger partial charge is 0.496 e. The maximum atomic E-state index is 12.7. The van der Waals surface area contributed by atoms with Crippen LogP contribution in [0.5, 0.6) is 5.75 Å². The molecule has 1 heterocycles. The summed E-state index contributed by atoms with van der Waals surface area (Å²) in [5.74, 6) is 0.535. The summed E-state index contributed by atoms with van der Waals surface area (Å²) in [4.78, 5) is 1.82. The van der Waals surface area contributed by atoms with E-state index in [4.69, 9.17) is 4.74 Å². The first-order chi connectivity index (χ1) is 9.84. The first-order valence-corrected chi connectivity index (χ1v) is 6.70. The summed E-state index contributed by atoms with van der Waals surface area (Å²) in [6.45, 7) is 2.04. The number of ether oxygens (including phenoxy) is 1. The Morgan fingerprint density at radius 1 is 1.33 bits per heavy atom. The first-order valence-electron chi connectivity index (χ1n) is 6.70. The highest BCUT2D eigenvalue weighted by Gasteiger charge is 2.35. The third-order valence-corrected chi connectivity index (χ3v) is 3.59. The topological polar surface area (TPSA) is 32.7 Å². The molecule has 116 valence electrons. The molecule has 1 aromatic carbocycles. The quantitative estimate of drug-likeness (QED) is 0.868. The average Bonchev–Trinajstić information content (AvgIpc) is 2.45. The molecule has 0 unspecified atom stereocenters. The van der Waals surface area contributed by atoms with Crippen molar-refractivity contribution in [3.05, 3.63) is 35.4 Å². The number of benzene rings is 1. The van der Waals surface area contributed by atoms with Crippen LogP contribution < -0.4 is 9.64 Å². The molecular formula is C15H18F3NO2. The summed E-state index contributed by atoms with van der Waals surface area (Å²) < 4.78 is 43.2. The van der Waals surface area contributed by atoms with Gasteiger partial charge in [-0.1, -0.05) is 12.1 Å². The Bertz CT molecular complexity index is 538. The molecule has 0 fully saturated rings. The van der Waals surface area contributed by atoms with Gasteiger partial charge in [-0.2, -0.15) is 13.2 Å². The zero-order valence-electron chi connectivity index (χ0n) is 11.9. The maximum absolute atomic E-state index is 12.7. The van der Waals surface area contributed by atoms with Gasteiger partial charge in [-0.3, -0.25) is 0 Å². The van der Waals surface area contributed by atoms with Gasteiger partial charge in [0.15, 0.2) is 0 Å². The Labute approximate surface area is 121 Å². The van der Waals surface area contributed by atoms with Crippen LogP contribution >= 0.6 is 0 Å². The number of rotatable bonds is 3. The molecule has 1 N–H and O–H groups in total. The number of anilines is 1. The Morgan fingerprint density at radius 3 is 2.52 bits per heavy atom. The number of aliphatic hydroxyl groups is 1. The second-order valence-electron chi connectivity index (χ2n) is 4.99. The monoisotopic (exact) mass is 301 g/mol. The van der Waals surface area contributed by atoms with Crippen molar-refractivity contribution in [1.29, 1.82) is 0 Å². The van der Waals surface area contributed by atoms with Crippen LogP contribution in [0.4, 0.5) is 18.9 Å². The van der Waals surface area contributed by atoms with Crippen LogP contribution in [0.25, 0.3) is 0 Å². The third-order valence-electron chi connectivity index (χ3n) is 3.59. The molecule has 0 radical (unpaired) electrons. The van der Waals surface area contributed by atoms with E-state index in [1.54, 1.807) is 25.1 Å². The molecule has 6 heteroatoms. The number of aliphatic hydroxyl groups excluding tert-OH is 1. The minimum atomic E-state index is -4.26. The van der Waals surface area contributed by atoms with Crippen LogP contribution in [0.1, 0.15) is 25.0 Å². The predicted octanol–water partition coefficient (Wildman–Crippen LogP) is 3.45. The van der Waals surface area contributed by atoms with E-state index in [1.165, 1.54) is 13.2 Å². The fraction of sp³-hybridized carbons (Fsp3) is 0.467. The Balaban J connectivity index is 2.31. The zero-order valence-corrected chi connectivity index (χ0v) is 11.9. The van der Waals surface area contributed by atoms with E-state index in [-0.39, 0.29) is 19.5 Å². The molecule has 0 saturated carbocycles. The lowest BCUT2D eigenvalue weighted by Gasteiger charge is -2.31. The summed E-state index contributed by atoms with van der Waals surface area (Å²) in [7, 11) is 1.50. The predicted molar refractivity (Wildman–Crippen MR) is 74.6 cm³/mol. The van der Waals surface area contributed by atoms with Gasteiger partial charge in [-0.05, 0) is 25.5 Å². The summed E-state index contributed by atoms with van der Waals surface area (Å²) >= 11 is 0. The summed E-state index contributed by atoms with van der Waals surface area (Å²) in [6, 6.07) is 5.28. The number of hydrogen-bond donors (Lipinski definition) is 1. The minimum absolute atomic E-state index is 0.0556. The number of hydrogen-bond acceptors (Lipinski definition) is 3. The van der Waals surface area contributed by atoms with Gasteiger partial charge in [0.25, 0.3) is 0 Å².